The molecule has 0 aliphatic carbocycles. The van der Waals surface area contributed by atoms with E-state index in [9.17, 15) is 0 Å². The Balaban J connectivity index is 0.00000300. The first-order valence-electron chi connectivity index (χ1n) is 10.3. The number of hydrogen-bond donors (Lipinski definition) is 2. The fraction of sp³-hybridized carbons (Fsp3) is 0.458. The molecule has 4 nitrogen and oxygen atoms in total. The molecule has 0 radical (unpaired) electrons. The Kier molecular flexibility index (Phi) is 9.43. The molecule has 2 unspecified atom stereocenters. The van der Waals surface area contributed by atoms with Gasteiger partial charge in [0.05, 0.1) is 6.10 Å². The lowest BCUT2D eigenvalue weighted by molar-refractivity contribution is -0.0265. The lowest BCUT2D eigenvalue weighted by atomic mass is 9.85. The van der Waals surface area contributed by atoms with Gasteiger partial charge in [-0.1, -0.05) is 74.5 Å². The second-order valence-corrected chi connectivity index (χ2v) is 8.16. The van der Waals surface area contributed by atoms with Crippen LogP contribution in [0.5, 0.6) is 0 Å². The van der Waals surface area contributed by atoms with Gasteiger partial charge in [-0.15, -0.1) is 24.0 Å². The minimum absolute atomic E-state index is 0. The minimum Gasteiger partial charge on any atom is -0.373 e. The topological polar surface area (TPSA) is 45.7 Å². The summed E-state index contributed by atoms with van der Waals surface area (Å²) in [5.74, 6) is 1.29. The molecule has 0 bridgehead atoms. The van der Waals surface area contributed by atoms with E-state index >= 15 is 0 Å². The highest BCUT2D eigenvalue weighted by molar-refractivity contribution is 14.0. The first kappa shape index (κ1) is 23.7. The largest absolute Gasteiger partial charge is 0.373 e. The van der Waals surface area contributed by atoms with E-state index in [4.69, 9.17) is 4.74 Å². The highest BCUT2D eigenvalue weighted by atomic mass is 127. The van der Waals surface area contributed by atoms with E-state index < -0.39 is 0 Å². The van der Waals surface area contributed by atoms with E-state index in [2.05, 4.69) is 90.1 Å². The third-order valence-electron chi connectivity index (χ3n) is 5.58. The summed E-state index contributed by atoms with van der Waals surface area (Å²) in [7, 11) is 1.83. The zero-order valence-corrected chi connectivity index (χ0v) is 20.1. The molecule has 2 N–H and O–H groups in total. The van der Waals surface area contributed by atoms with Gasteiger partial charge in [-0.25, -0.2) is 0 Å². The number of benzene rings is 2. The van der Waals surface area contributed by atoms with Crippen LogP contribution < -0.4 is 10.6 Å². The van der Waals surface area contributed by atoms with Crippen LogP contribution in [0.4, 0.5) is 0 Å². The van der Waals surface area contributed by atoms with Gasteiger partial charge in [0.2, 0.25) is 0 Å². The summed E-state index contributed by atoms with van der Waals surface area (Å²) < 4.78 is 6.11. The Hall–Kier alpha value is -1.60. The maximum atomic E-state index is 6.11. The van der Waals surface area contributed by atoms with Crippen LogP contribution in [0.1, 0.15) is 43.9 Å². The molecule has 29 heavy (non-hydrogen) atoms. The highest BCUT2D eigenvalue weighted by Crippen LogP contribution is 2.33. The molecular weight excluding hydrogens is 473 g/mol. The van der Waals surface area contributed by atoms with Crippen molar-refractivity contribution in [2.24, 2.45) is 10.9 Å². The van der Waals surface area contributed by atoms with Crippen LogP contribution in [0.3, 0.4) is 0 Å². The van der Waals surface area contributed by atoms with Gasteiger partial charge in [0, 0.05) is 38.1 Å². The van der Waals surface area contributed by atoms with E-state index in [1.54, 1.807) is 0 Å². The summed E-state index contributed by atoms with van der Waals surface area (Å²) in [4.78, 5) is 4.42. The number of hydrogen-bond acceptors (Lipinski definition) is 2. The molecular formula is C24H34IN3O. The molecule has 1 heterocycles. The van der Waals surface area contributed by atoms with E-state index in [1.165, 1.54) is 17.5 Å². The molecule has 1 aliphatic heterocycles. The fourth-order valence-electron chi connectivity index (χ4n) is 3.81. The Morgan fingerprint density at radius 2 is 1.69 bits per heavy atom. The number of aliphatic imine (C=N–C) groups is 1. The van der Waals surface area contributed by atoms with Crippen LogP contribution in [-0.4, -0.2) is 32.7 Å². The van der Waals surface area contributed by atoms with E-state index in [-0.39, 0.29) is 35.5 Å². The Morgan fingerprint density at radius 1 is 1.03 bits per heavy atom. The fourth-order valence-corrected chi connectivity index (χ4v) is 3.81. The molecule has 2 aromatic carbocycles. The van der Waals surface area contributed by atoms with Gasteiger partial charge >= 0.3 is 0 Å². The minimum atomic E-state index is 0. The summed E-state index contributed by atoms with van der Waals surface area (Å²) in [6, 6.07) is 21.2. The zero-order chi connectivity index (χ0) is 19.8. The van der Waals surface area contributed by atoms with Gasteiger partial charge in [-0.2, -0.15) is 0 Å². The van der Waals surface area contributed by atoms with Gasteiger partial charge in [0.15, 0.2) is 5.96 Å². The number of halogens is 1. The molecule has 0 spiro atoms. The zero-order valence-electron chi connectivity index (χ0n) is 17.7. The molecule has 1 fully saturated rings. The van der Waals surface area contributed by atoms with Gasteiger partial charge < -0.3 is 15.4 Å². The van der Waals surface area contributed by atoms with E-state index in [0.717, 1.165) is 32.1 Å². The Labute approximate surface area is 192 Å². The summed E-state index contributed by atoms with van der Waals surface area (Å²) in [6.45, 7) is 7.02. The number of nitrogens with zero attached hydrogens (tertiary/aromatic N) is 1. The lowest BCUT2D eigenvalue weighted by Gasteiger charge is -2.33. The van der Waals surface area contributed by atoms with E-state index in [0.29, 0.717) is 5.92 Å². The van der Waals surface area contributed by atoms with Crippen molar-refractivity contribution in [3.63, 3.8) is 0 Å². The van der Waals surface area contributed by atoms with E-state index in [1.807, 2.05) is 7.05 Å². The molecule has 1 aliphatic rings. The average molecular weight is 507 g/mol. The first-order valence-corrected chi connectivity index (χ1v) is 10.3. The molecule has 3 rings (SSSR count). The summed E-state index contributed by atoms with van der Waals surface area (Å²) in [5.41, 5.74) is 2.62. The first-order chi connectivity index (χ1) is 13.6. The maximum Gasteiger partial charge on any atom is 0.191 e. The summed E-state index contributed by atoms with van der Waals surface area (Å²) in [6.07, 6.45) is 2.43. The predicted octanol–water partition coefficient (Wildman–Crippen LogP) is 4.92. The van der Waals surface area contributed by atoms with Crippen LogP contribution in [0, 0.1) is 5.92 Å². The SMILES string of the molecule is CN=C(NCC1CCCOC1c1ccccc1)NCC(C)(C)c1ccccc1.I. The van der Waals surface area contributed by atoms with Gasteiger partial charge in [0.25, 0.3) is 0 Å². The monoisotopic (exact) mass is 507 g/mol. The maximum absolute atomic E-state index is 6.11. The van der Waals surface area contributed by atoms with Crippen molar-refractivity contribution >= 4 is 29.9 Å². The van der Waals surface area contributed by atoms with Crippen LogP contribution in [0.15, 0.2) is 65.7 Å². The summed E-state index contributed by atoms with van der Waals surface area (Å²) >= 11 is 0. The van der Waals surface area contributed by atoms with Gasteiger partial charge in [0.1, 0.15) is 0 Å². The third kappa shape index (κ3) is 6.71. The normalized spacial score (nSPS) is 19.9. The third-order valence-corrected chi connectivity index (χ3v) is 5.58. The number of nitrogens with one attached hydrogen (secondary N) is 2. The smallest absolute Gasteiger partial charge is 0.191 e. The molecule has 0 aromatic heterocycles. The standard InChI is InChI=1S/C24H33N3O.HI/c1-24(2,21-14-8-5-9-15-21)18-27-23(25-3)26-17-20-13-10-16-28-22(20)19-11-6-4-7-12-19;/h4-9,11-12,14-15,20,22H,10,13,16-18H2,1-3H3,(H2,25,26,27);1H. The quantitative estimate of drug-likeness (QED) is 0.332. The number of rotatable bonds is 6. The number of guanidine groups is 1. The highest BCUT2D eigenvalue weighted by Gasteiger charge is 2.27. The molecule has 1 saturated heterocycles. The van der Waals surface area contributed by atoms with Gasteiger partial charge in [-0.05, 0) is 24.0 Å². The molecule has 158 valence electrons. The van der Waals surface area contributed by atoms with Crippen molar-refractivity contribution in [1.82, 2.24) is 10.6 Å². The van der Waals surface area contributed by atoms with Crippen molar-refractivity contribution < 1.29 is 4.74 Å². The van der Waals surface area contributed by atoms with Crippen molar-refractivity contribution in [2.75, 3.05) is 26.7 Å². The second-order valence-electron chi connectivity index (χ2n) is 8.16. The predicted molar refractivity (Wildman–Crippen MR) is 132 cm³/mol. The number of ether oxygens (including phenoxy) is 1. The average Bonchev–Trinajstić information content (AvgIpc) is 2.75. The van der Waals surface area contributed by atoms with Crippen LogP contribution >= 0.6 is 24.0 Å². The molecule has 2 aromatic rings. The molecule has 2 atom stereocenters. The van der Waals surface area contributed by atoms with Crippen LogP contribution in [-0.2, 0) is 10.2 Å². The second kappa shape index (κ2) is 11.6. The molecule has 5 heteroatoms. The van der Waals surface area contributed by atoms with Crippen molar-refractivity contribution in [3.05, 3.63) is 71.8 Å². The Bertz CT molecular complexity index is 749. The van der Waals surface area contributed by atoms with Crippen LogP contribution in [0.25, 0.3) is 0 Å². The summed E-state index contributed by atoms with van der Waals surface area (Å²) in [5, 5.41) is 7.02. The molecule has 0 amide bonds. The lowest BCUT2D eigenvalue weighted by Crippen LogP contribution is -2.45. The van der Waals surface area contributed by atoms with Crippen molar-refractivity contribution in [1.29, 1.82) is 0 Å². The Morgan fingerprint density at radius 3 is 2.34 bits per heavy atom. The van der Waals surface area contributed by atoms with Gasteiger partial charge in [-0.3, -0.25) is 4.99 Å². The van der Waals surface area contributed by atoms with Crippen LogP contribution in [0.2, 0.25) is 0 Å². The molecule has 0 saturated carbocycles. The van der Waals surface area contributed by atoms with Crippen molar-refractivity contribution in [3.8, 4) is 0 Å². The van der Waals surface area contributed by atoms with Crippen molar-refractivity contribution in [2.45, 2.75) is 38.2 Å².